The Morgan fingerprint density at radius 1 is 1.13 bits per heavy atom. The second-order valence-electron chi connectivity index (χ2n) is 7.16. The third-order valence-corrected chi connectivity index (χ3v) is 4.01. The van der Waals surface area contributed by atoms with Gasteiger partial charge in [0.15, 0.2) is 0 Å². The van der Waals surface area contributed by atoms with Gasteiger partial charge in [0.05, 0.1) is 6.07 Å². The summed E-state index contributed by atoms with van der Waals surface area (Å²) in [6.07, 6.45) is 2.33. The Kier molecular flexibility index (Phi) is 7.29. The van der Waals surface area contributed by atoms with E-state index in [0.717, 1.165) is 31.5 Å². The molecule has 126 valence electrons. The van der Waals surface area contributed by atoms with Crippen LogP contribution in [0.3, 0.4) is 0 Å². The number of rotatable bonds is 7. The van der Waals surface area contributed by atoms with Crippen molar-refractivity contribution in [3.63, 3.8) is 0 Å². The van der Waals surface area contributed by atoms with Crippen LogP contribution >= 0.6 is 0 Å². The zero-order valence-corrected chi connectivity index (χ0v) is 15.2. The van der Waals surface area contributed by atoms with E-state index in [1.807, 2.05) is 17.0 Å². The van der Waals surface area contributed by atoms with Gasteiger partial charge in [-0.2, -0.15) is 5.26 Å². The first-order valence-corrected chi connectivity index (χ1v) is 8.61. The zero-order valence-electron chi connectivity index (χ0n) is 15.2. The van der Waals surface area contributed by atoms with Crippen LogP contribution < -0.4 is 0 Å². The van der Waals surface area contributed by atoms with E-state index in [1.54, 1.807) is 0 Å². The van der Waals surface area contributed by atoms with Crippen molar-refractivity contribution in [2.24, 2.45) is 5.92 Å². The van der Waals surface area contributed by atoms with Gasteiger partial charge in [-0.1, -0.05) is 58.9 Å². The second-order valence-corrected chi connectivity index (χ2v) is 7.16. The first-order valence-electron chi connectivity index (χ1n) is 8.61. The van der Waals surface area contributed by atoms with Crippen molar-refractivity contribution in [3.05, 3.63) is 35.4 Å². The minimum atomic E-state index is -0.589. The quantitative estimate of drug-likeness (QED) is 0.752. The summed E-state index contributed by atoms with van der Waals surface area (Å²) in [6, 6.07) is 10.5. The topological polar surface area (TPSA) is 44.1 Å². The zero-order chi connectivity index (χ0) is 17.5. The third kappa shape index (κ3) is 5.71. The molecule has 0 aliphatic carbocycles. The number of benzene rings is 1. The fourth-order valence-electron chi connectivity index (χ4n) is 2.66. The molecule has 0 aliphatic heterocycles. The van der Waals surface area contributed by atoms with Crippen molar-refractivity contribution in [1.29, 1.82) is 5.26 Å². The highest BCUT2D eigenvalue weighted by molar-refractivity contribution is 5.81. The molecule has 0 fully saturated rings. The molecule has 1 aromatic rings. The van der Waals surface area contributed by atoms with Gasteiger partial charge in [0.2, 0.25) is 5.91 Å². The summed E-state index contributed by atoms with van der Waals surface area (Å²) in [5, 5.41) is 9.43. The minimum absolute atomic E-state index is 0.0314. The number of amides is 1. The van der Waals surface area contributed by atoms with Crippen molar-refractivity contribution < 1.29 is 4.79 Å². The van der Waals surface area contributed by atoms with E-state index < -0.39 is 5.92 Å². The molecule has 1 rings (SSSR count). The molecule has 0 spiro atoms. The van der Waals surface area contributed by atoms with Crippen LogP contribution in [0.15, 0.2) is 24.3 Å². The van der Waals surface area contributed by atoms with E-state index in [1.165, 1.54) is 5.56 Å². The monoisotopic (exact) mass is 314 g/mol. The SMILES string of the molecule is CCCN(CCC)C(=O)C(C#N)Cc1ccc(C(C)(C)C)cc1. The number of carbonyl (C=O) groups excluding carboxylic acids is 1. The Labute approximate surface area is 141 Å². The smallest absolute Gasteiger partial charge is 0.240 e. The van der Waals surface area contributed by atoms with Crippen molar-refractivity contribution in [3.8, 4) is 6.07 Å². The molecule has 3 nitrogen and oxygen atoms in total. The number of carbonyl (C=O) groups is 1. The molecule has 23 heavy (non-hydrogen) atoms. The first-order chi connectivity index (χ1) is 10.8. The molecule has 3 heteroatoms. The molecule has 0 radical (unpaired) electrons. The number of hydrogen-bond acceptors (Lipinski definition) is 2. The van der Waals surface area contributed by atoms with E-state index in [2.05, 4.69) is 52.8 Å². The fourth-order valence-corrected chi connectivity index (χ4v) is 2.66. The van der Waals surface area contributed by atoms with Crippen molar-refractivity contribution in [2.75, 3.05) is 13.1 Å². The molecule has 0 bridgehead atoms. The summed E-state index contributed by atoms with van der Waals surface area (Å²) >= 11 is 0. The molecule has 1 amide bonds. The first kappa shape index (κ1) is 19.2. The van der Waals surface area contributed by atoms with E-state index in [-0.39, 0.29) is 11.3 Å². The molecule has 0 aliphatic rings. The van der Waals surface area contributed by atoms with Gasteiger partial charge >= 0.3 is 0 Å². The Morgan fingerprint density at radius 3 is 2.04 bits per heavy atom. The van der Waals surface area contributed by atoms with Gasteiger partial charge in [-0.25, -0.2) is 0 Å². The molecular formula is C20H30N2O. The number of nitrogens with zero attached hydrogens (tertiary/aromatic N) is 2. The van der Waals surface area contributed by atoms with Crippen LogP contribution in [0.1, 0.15) is 58.6 Å². The molecule has 1 atom stereocenters. The lowest BCUT2D eigenvalue weighted by molar-refractivity contribution is -0.133. The summed E-state index contributed by atoms with van der Waals surface area (Å²) in [5.41, 5.74) is 2.42. The molecule has 1 aromatic carbocycles. The molecule has 0 saturated carbocycles. The lowest BCUT2D eigenvalue weighted by Gasteiger charge is -2.24. The summed E-state index contributed by atoms with van der Waals surface area (Å²) in [7, 11) is 0. The molecule has 1 unspecified atom stereocenters. The Morgan fingerprint density at radius 2 is 1.65 bits per heavy atom. The molecular weight excluding hydrogens is 284 g/mol. The van der Waals surface area contributed by atoms with Crippen LogP contribution in [-0.2, 0) is 16.6 Å². The lowest BCUT2D eigenvalue weighted by Crippen LogP contribution is -2.37. The van der Waals surface area contributed by atoms with Gasteiger partial charge in [0, 0.05) is 13.1 Å². The van der Waals surface area contributed by atoms with Gasteiger partial charge in [-0.3, -0.25) is 4.79 Å². The van der Waals surface area contributed by atoms with E-state index in [4.69, 9.17) is 0 Å². The van der Waals surface area contributed by atoms with Crippen LogP contribution in [0, 0.1) is 17.2 Å². The number of nitriles is 1. The Bertz CT molecular complexity index is 528. The van der Waals surface area contributed by atoms with Gasteiger partial charge in [-0.05, 0) is 35.8 Å². The largest absolute Gasteiger partial charge is 0.342 e. The molecule has 0 aromatic heterocycles. The van der Waals surface area contributed by atoms with E-state index >= 15 is 0 Å². The van der Waals surface area contributed by atoms with Gasteiger partial charge in [-0.15, -0.1) is 0 Å². The maximum Gasteiger partial charge on any atom is 0.240 e. The van der Waals surface area contributed by atoms with Crippen LogP contribution in [0.2, 0.25) is 0 Å². The summed E-state index contributed by atoms with van der Waals surface area (Å²) in [5.74, 6) is -0.621. The standard InChI is InChI=1S/C20H30N2O/c1-6-12-22(13-7-2)19(23)17(15-21)14-16-8-10-18(11-9-16)20(3,4)5/h8-11,17H,6-7,12-14H2,1-5H3. The van der Waals surface area contributed by atoms with Crippen LogP contribution in [-0.4, -0.2) is 23.9 Å². The molecule has 0 heterocycles. The maximum absolute atomic E-state index is 12.6. The predicted octanol–water partition coefficient (Wildman–Crippen LogP) is 4.31. The molecule has 0 saturated heterocycles. The second kappa shape index (κ2) is 8.72. The van der Waals surface area contributed by atoms with E-state index in [0.29, 0.717) is 6.42 Å². The summed E-state index contributed by atoms with van der Waals surface area (Å²) in [4.78, 5) is 14.4. The fraction of sp³-hybridized carbons (Fsp3) is 0.600. The van der Waals surface area contributed by atoms with Gasteiger partial charge in [0.1, 0.15) is 5.92 Å². The summed E-state index contributed by atoms with van der Waals surface area (Å²) in [6.45, 7) is 12.1. The van der Waals surface area contributed by atoms with Crippen molar-refractivity contribution >= 4 is 5.91 Å². The number of hydrogen-bond donors (Lipinski definition) is 0. The highest BCUT2D eigenvalue weighted by Crippen LogP contribution is 2.23. The molecule has 0 N–H and O–H groups in total. The van der Waals surface area contributed by atoms with Crippen molar-refractivity contribution in [1.82, 2.24) is 4.90 Å². The van der Waals surface area contributed by atoms with Crippen LogP contribution in [0.5, 0.6) is 0 Å². The Hall–Kier alpha value is -1.82. The summed E-state index contributed by atoms with van der Waals surface area (Å²) < 4.78 is 0. The van der Waals surface area contributed by atoms with Gasteiger partial charge < -0.3 is 4.90 Å². The third-order valence-electron chi connectivity index (χ3n) is 4.01. The Balaban J connectivity index is 2.83. The average molecular weight is 314 g/mol. The predicted molar refractivity (Wildman–Crippen MR) is 95.1 cm³/mol. The normalized spacial score (nSPS) is 12.5. The van der Waals surface area contributed by atoms with Crippen molar-refractivity contribution in [2.45, 2.75) is 59.3 Å². The van der Waals surface area contributed by atoms with E-state index in [9.17, 15) is 10.1 Å². The van der Waals surface area contributed by atoms with Crippen LogP contribution in [0.25, 0.3) is 0 Å². The maximum atomic E-state index is 12.6. The van der Waals surface area contributed by atoms with Crippen LogP contribution in [0.4, 0.5) is 0 Å². The highest BCUT2D eigenvalue weighted by atomic mass is 16.2. The average Bonchev–Trinajstić information content (AvgIpc) is 2.51. The lowest BCUT2D eigenvalue weighted by atomic mass is 9.86. The minimum Gasteiger partial charge on any atom is -0.342 e. The van der Waals surface area contributed by atoms with Gasteiger partial charge in [0.25, 0.3) is 0 Å². The highest BCUT2D eigenvalue weighted by Gasteiger charge is 2.24.